The Morgan fingerprint density at radius 2 is 1.75 bits per heavy atom. The van der Waals surface area contributed by atoms with Crippen LogP contribution in [0.3, 0.4) is 0 Å². The number of piperidine rings is 1. The molecule has 5 rings (SSSR count). The van der Waals surface area contributed by atoms with Crippen LogP contribution in [-0.2, 0) is 15.8 Å². The molecule has 14 heteroatoms. The molecule has 1 aromatic heterocycles. The standard InChI is InChI=1S/C30H24ClF3N6O4/c31-22-10-13-25(40-17-35-37-38-40)20(16-22)7-14-26(41)39-15-1-2-24(18-3-8-21(9-4-18)30(32,33)34)27(39)28(42)36-23-11-5-19(6-12-23)29(43)44/h3-14,16-17,24,27H,1-2,15H2,(H,36,42)(H,43,44)/b14-7+. The molecule has 0 radical (unpaired) electrons. The number of hydrogen-bond acceptors (Lipinski definition) is 6. The van der Waals surface area contributed by atoms with Crippen LogP contribution >= 0.6 is 11.6 Å². The van der Waals surface area contributed by atoms with Crippen LogP contribution in [0.1, 0.15) is 45.8 Å². The lowest BCUT2D eigenvalue weighted by Gasteiger charge is -2.40. The molecule has 1 fully saturated rings. The van der Waals surface area contributed by atoms with Crippen LogP contribution < -0.4 is 5.32 Å². The highest BCUT2D eigenvalue weighted by molar-refractivity contribution is 6.30. The van der Waals surface area contributed by atoms with E-state index in [4.69, 9.17) is 11.6 Å². The number of nitrogens with zero attached hydrogens (tertiary/aromatic N) is 5. The van der Waals surface area contributed by atoms with E-state index in [1.165, 1.54) is 64.5 Å². The van der Waals surface area contributed by atoms with Gasteiger partial charge in [-0.15, -0.1) is 5.10 Å². The molecular formula is C30H24ClF3N6O4. The molecule has 1 aliphatic rings. The van der Waals surface area contributed by atoms with Crippen LogP contribution in [0.5, 0.6) is 0 Å². The number of tetrazole rings is 1. The van der Waals surface area contributed by atoms with Gasteiger partial charge in [0.05, 0.1) is 16.8 Å². The summed E-state index contributed by atoms with van der Waals surface area (Å²) < 4.78 is 41.1. The Hall–Kier alpha value is -5.04. The van der Waals surface area contributed by atoms with Crippen molar-refractivity contribution >= 4 is 41.1 Å². The summed E-state index contributed by atoms with van der Waals surface area (Å²) in [5.41, 5.74) is 1.03. The van der Waals surface area contributed by atoms with Gasteiger partial charge in [-0.3, -0.25) is 9.59 Å². The number of aromatic nitrogens is 4. The van der Waals surface area contributed by atoms with E-state index in [1.54, 1.807) is 18.2 Å². The van der Waals surface area contributed by atoms with E-state index in [0.717, 1.165) is 12.1 Å². The number of alkyl halides is 3. The maximum Gasteiger partial charge on any atom is 0.416 e. The molecule has 44 heavy (non-hydrogen) atoms. The van der Waals surface area contributed by atoms with Gasteiger partial charge in [-0.1, -0.05) is 23.7 Å². The van der Waals surface area contributed by atoms with E-state index in [1.807, 2.05) is 0 Å². The average Bonchev–Trinajstić information content (AvgIpc) is 3.54. The molecule has 226 valence electrons. The van der Waals surface area contributed by atoms with Crippen LogP contribution in [0.2, 0.25) is 5.02 Å². The molecule has 2 amide bonds. The number of benzene rings is 3. The first kappa shape index (κ1) is 30.4. The lowest BCUT2D eigenvalue weighted by molar-refractivity contribution is -0.137. The number of carbonyl (C=O) groups excluding carboxylic acids is 2. The first-order valence-corrected chi connectivity index (χ1v) is 13.7. The smallest absolute Gasteiger partial charge is 0.416 e. The minimum Gasteiger partial charge on any atom is -0.478 e. The number of nitrogens with one attached hydrogen (secondary N) is 1. The molecular weight excluding hydrogens is 601 g/mol. The predicted molar refractivity (Wildman–Crippen MR) is 154 cm³/mol. The first-order valence-electron chi connectivity index (χ1n) is 13.3. The summed E-state index contributed by atoms with van der Waals surface area (Å²) in [6.07, 6.45) is 0.592. The second-order valence-corrected chi connectivity index (χ2v) is 10.4. The van der Waals surface area contributed by atoms with Crippen LogP contribution in [0.25, 0.3) is 11.8 Å². The number of carbonyl (C=O) groups is 3. The Balaban J connectivity index is 1.47. The van der Waals surface area contributed by atoms with Crippen LogP contribution in [0.4, 0.5) is 18.9 Å². The first-order chi connectivity index (χ1) is 21.0. The Morgan fingerprint density at radius 1 is 1.02 bits per heavy atom. The SMILES string of the molecule is O=C(O)c1ccc(NC(=O)C2C(c3ccc(C(F)(F)F)cc3)CCCN2C(=O)/C=C/c2cc(Cl)ccc2-n2cnnn2)cc1. The van der Waals surface area contributed by atoms with Crippen molar-refractivity contribution in [2.45, 2.75) is 31.0 Å². The largest absolute Gasteiger partial charge is 0.478 e. The molecule has 10 nitrogen and oxygen atoms in total. The van der Waals surface area contributed by atoms with Gasteiger partial charge in [0.15, 0.2) is 0 Å². The molecule has 2 unspecified atom stereocenters. The van der Waals surface area contributed by atoms with E-state index < -0.39 is 41.5 Å². The van der Waals surface area contributed by atoms with Gasteiger partial charge in [0.25, 0.3) is 0 Å². The minimum atomic E-state index is -4.53. The zero-order chi connectivity index (χ0) is 31.4. The summed E-state index contributed by atoms with van der Waals surface area (Å²) in [7, 11) is 0. The highest BCUT2D eigenvalue weighted by Crippen LogP contribution is 2.36. The zero-order valence-electron chi connectivity index (χ0n) is 22.8. The minimum absolute atomic E-state index is 0.0206. The van der Waals surface area contributed by atoms with E-state index >= 15 is 0 Å². The quantitative estimate of drug-likeness (QED) is 0.261. The molecule has 0 aliphatic carbocycles. The summed E-state index contributed by atoms with van der Waals surface area (Å²) in [5, 5.41) is 23.4. The predicted octanol–water partition coefficient (Wildman–Crippen LogP) is 5.46. The van der Waals surface area contributed by atoms with Crippen molar-refractivity contribution in [2.75, 3.05) is 11.9 Å². The van der Waals surface area contributed by atoms with Crippen molar-refractivity contribution in [1.82, 2.24) is 25.1 Å². The average molecular weight is 625 g/mol. The van der Waals surface area contributed by atoms with Gasteiger partial charge in [-0.05, 0) is 89.5 Å². The number of hydrogen-bond donors (Lipinski definition) is 2. The number of carboxylic acid groups (broad SMARTS) is 1. The maximum absolute atomic E-state index is 13.8. The zero-order valence-corrected chi connectivity index (χ0v) is 23.5. The third-order valence-electron chi connectivity index (χ3n) is 7.24. The van der Waals surface area contributed by atoms with Gasteiger partial charge in [0.1, 0.15) is 12.4 Å². The van der Waals surface area contributed by atoms with Gasteiger partial charge in [0, 0.05) is 34.8 Å². The third-order valence-corrected chi connectivity index (χ3v) is 7.47. The topological polar surface area (TPSA) is 130 Å². The van der Waals surface area contributed by atoms with Gasteiger partial charge >= 0.3 is 12.1 Å². The highest BCUT2D eigenvalue weighted by Gasteiger charge is 2.40. The molecule has 2 N–H and O–H groups in total. The van der Waals surface area contributed by atoms with E-state index in [2.05, 4.69) is 20.8 Å². The number of aromatic carboxylic acids is 1. The molecule has 2 heterocycles. The number of likely N-dealkylation sites (tertiary alicyclic amines) is 1. The maximum atomic E-state index is 13.8. The molecule has 0 saturated carbocycles. The number of halogens is 4. The fourth-order valence-corrected chi connectivity index (χ4v) is 5.32. The number of carboxylic acids is 1. The van der Waals surface area contributed by atoms with Gasteiger partial charge < -0.3 is 15.3 Å². The summed E-state index contributed by atoms with van der Waals surface area (Å²) in [5.74, 6) is -2.84. The molecule has 0 bridgehead atoms. The third kappa shape index (κ3) is 6.78. The molecule has 0 spiro atoms. The van der Waals surface area contributed by atoms with Crippen molar-refractivity contribution in [3.63, 3.8) is 0 Å². The number of rotatable bonds is 7. The second-order valence-electron chi connectivity index (χ2n) is 10.0. The summed E-state index contributed by atoms with van der Waals surface area (Å²) >= 11 is 6.19. The van der Waals surface area contributed by atoms with E-state index in [9.17, 15) is 32.7 Å². The molecule has 3 aromatic carbocycles. The van der Waals surface area contributed by atoms with Crippen LogP contribution in [0, 0.1) is 0 Å². The summed E-state index contributed by atoms with van der Waals surface area (Å²) in [4.78, 5) is 40.0. The fourth-order valence-electron chi connectivity index (χ4n) is 5.14. The van der Waals surface area contributed by atoms with Crippen LogP contribution in [0.15, 0.2) is 79.1 Å². The van der Waals surface area contributed by atoms with Gasteiger partial charge in [-0.25, -0.2) is 4.79 Å². The van der Waals surface area contributed by atoms with Crippen molar-refractivity contribution in [3.8, 4) is 5.69 Å². The normalized spacial score (nSPS) is 17.0. The van der Waals surface area contributed by atoms with E-state index in [0.29, 0.717) is 40.4 Å². The van der Waals surface area contributed by atoms with E-state index in [-0.39, 0.29) is 12.1 Å². The van der Waals surface area contributed by atoms with Crippen molar-refractivity contribution in [3.05, 3.63) is 106 Å². The molecule has 1 aliphatic heterocycles. The summed E-state index contributed by atoms with van der Waals surface area (Å²) in [6.45, 7) is 0.214. The van der Waals surface area contributed by atoms with Gasteiger partial charge in [-0.2, -0.15) is 17.9 Å². The molecule has 1 saturated heterocycles. The van der Waals surface area contributed by atoms with Crippen molar-refractivity contribution in [1.29, 1.82) is 0 Å². The Labute approximate surface area is 253 Å². The molecule has 2 atom stereocenters. The second kappa shape index (κ2) is 12.7. The van der Waals surface area contributed by atoms with Crippen LogP contribution in [-0.4, -0.2) is 60.6 Å². The number of anilines is 1. The Bertz CT molecular complexity index is 1690. The number of amides is 2. The van der Waals surface area contributed by atoms with Crippen molar-refractivity contribution in [2.24, 2.45) is 0 Å². The fraction of sp³-hybridized carbons (Fsp3) is 0.200. The van der Waals surface area contributed by atoms with Crippen molar-refractivity contribution < 1.29 is 32.7 Å². The molecule has 4 aromatic rings. The Kier molecular flexibility index (Phi) is 8.76. The monoisotopic (exact) mass is 624 g/mol. The lowest BCUT2D eigenvalue weighted by atomic mass is 9.82. The lowest BCUT2D eigenvalue weighted by Crippen LogP contribution is -2.53. The highest BCUT2D eigenvalue weighted by atomic mass is 35.5. The summed E-state index contributed by atoms with van der Waals surface area (Å²) in [6, 6.07) is 13.9. The Morgan fingerprint density at radius 3 is 2.39 bits per heavy atom. The van der Waals surface area contributed by atoms with Gasteiger partial charge in [0.2, 0.25) is 11.8 Å².